The Morgan fingerprint density at radius 3 is 1.17 bits per heavy atom. The van der Waals surface area contributed by atoms with Crippen molar-refractivity contribution in [3.05, 3.63) is 0 Å². The molecule has 0 bridgehead atoms. The van der Waals surface area contributed by atoms with Crippen LogP contribution in [0.3, 0.4) is 0 Å². The van der Waals surface area contributed by atoms with E-state index in [1.54, 1.807) is 0 Å². The predicted molar refractivity (Wildman–Crippen MR) is 131 cm³/mol. The minimum absolute atomic E-state index is 0.282. The molecule has 4 heteroatoms. The van der Waals surface area contributed by atoms with Gasteiger partial charge in [0.2, 0.25) is 0 Å². The standard InChI is InChI=1S/C26H54N2O2/c1-3-5-7-9-11-13-15-17-19-21-23-25(27-28-26(29)30)24-22-20-18-16-14-12-10-8-6-4-2/h25,27-28H,3-24H2,1-2H3,(H,29,30). The molecule has 0 radical (unpaired) electrons. The summed E-state index contributed by atoms with van der Waals surface area (Å²) in [5.41, 5.74) is 5.41. The van der Waals surface area contributed by atoms with E-state index in [-0.39, 0.29) is 6.04 Å². The predicted octanol–water partition coefficient (Wildman–Crippen LogP) is 8.75. The molecule has 3 N–H and O–H groups in total. The third-order valence-corrected chi connectivity index (χ3v) is 6.20. The number of amides is 1. The van der Waals surface area contributed by atoms with Crippen LogP contribution in [0.15, 0.2) is 0 Å². The minimum Gasteiger partial charge on any atom is -0.464 e. The third kappa shape index (κ3) is 23.5. The van der Waals surface area contributed by atoms with Gasteiger partial charge in [-0.15, -0.1) is 0 Å². The van der Waals surface area contributed by atoms with Crippen LogP contribution in [0.25, 0.3) is 0 Å². The molecule has 0 unspecified atom stereocenters. The number of unbranched alkanes of at least 4 members (excludes halogenated alkanes) is 18. The molecule has 0 aliphatic heterocycles. The summed E-state index contributed by atoms with van der Waals surface area (Å²) in [5.74, 6) is 0. The van der Waals surface area contributed by atoms with Gasteiger partial charge in [0.1, 0.15) is 0 Å². The van der Waals surface area contributed by atoms with Crippen molar-refractivity contribution in [2.75, 3.05) is 0 Å². The van der Waals surface area contributed by atoms with Gasteiger partial charge in [-0.05, 0) is 12.8 Å². The second-order valence-electron chi connectivity index (χ2n) is 9.21. The van der Waals surface area contributed by atoms with Crippen molar-refractivity contribution in [3.8, 4) is 0 Å². The van der Waals surface area contributed by atoms with E-state index in [9.17, 15) is 4.79 Å². The van der Waals surface area contributed by atoms with E-state index in [4.69, 9.17) is 5.11 Å². The van der Waals surface area contributed by atoms with Gasteiger partial charge in [-0.2, -0.15) is 0 Å². The number of hydrazine groups is 1. The molecule has 0 aromatic carbocycles. The monoisotopic (exact) mass is 426 g/mol. The quantitative estimate of drug-likeness (QED) is 0.107. The molecule has 0 rings (SSSR count). The Morgan fingerprint density at radius 2 is 0.867 bits per heavy atom. The Labute approximate surface area is 188 Å². The van der Waals surface area contributed by atoms with Crippen molar-refractivity contribution in [2.24, 2.45) is 0 Å². The molecule has 0 spiro atoms. The first-order chi connectivity index (χ1) is 14.7. The lowest BCUT2D eigenvalue weighted by molar-refractivity contribution is 0.184. The van der Waals surface area contributed by atoms with Crippen molar-refractivity contribution in [3.63, 3.8) is 0 Å². The molecule has 0 saturated heterocycles. The number of hydrogen-bond donors (Lipinski definition) is 3. The number of hydrogen-bond acceptors (Lipinski definition) is 2. The normalized spacial score (nSPS) is 11.3. The van der Waals surface area contributed by atoms with E-state index >= 15 is 0 Å². The minimum atomic E-state index is -0.980. The maximum atomic E-state index is 10.8. The van der Waals surface area contributed by atoms with E-state index in [0.717, 1.165) is 12.8 Å². The molecule has 1 amide bonds. The van der Waals surface area contributed by atoms with E-state index in [1.165, 1.54) is 128 Å². The van der Waals surface area contributed by atoms with Gasteiger partial charge in [0.05, 0.1) is 0 Å². The van der Waals surface area contributed by atoms with Gasteiger partial charge in [-0.25, -0.2) is 10.2 Å². The lowest BCUT2D eigenvalue weighted by Gasteiger charge is -2.18. The van der Waals surface area contributed by atoms with Gasteiger partial charge in [0.25, 0.3) is 0 Å². The van der Waals surface area contributed by atoms with Crippen molar-refractivity contribution in [2.45, 2.75) is 161 Å². The van der Waals surface area contributed by atoms with Crippen LogP contribution in [0.1, 0.15) is 155 Å². The summed E-state index contributed by atoms with van der Waals surface area (Å²) in [5, 5.41) is 8.88. The first-order valence-electron chi connectivity index (χ1n) is 13.4. The summed E-state index contributed by atoms with van der Waals surface area (Å²) >= 11 is 0. The van der Waals surface area contributed by atoms with Crippen molar-refractivity contribution < 1.29 is 9.90 Å². The van der Waals surface area contributed by atoms with E-state index in [0.29, 0.717) is 0 Å². The molecule has 180 valence electrons. The zero-order chi connectivity index (χ0) is 22.1. The maximum Gasteiger partial charge on any atom is 0.419 e. The molecule has 0 aliphatic rings. The van der Waals surface area contributed by atoms with Crippen molar-refractivity contribution >= 4 is 6.09 Å². The molecule has 30 heavy (non-hydrogen) atoms. The molecule has 4 nitrogen and oxygen atoms in total. The largest absolute Gasteiger partial charge is 0.464 e. The molecule has 0 aromatic rings. The molecule has 0 aromatic heterocycles. The summed E-state index contributed by atoms with van der Waals surface area (Å²) in [6.45, 7) is 4.54. The fourth-order valence-electron chi connectivity index (χ4n) is 4.21. The fraction of sp³-hybridized carbons (Fsp3) is 0.962. The summed E-state index contributed by atoms with van der Waals surface area (Å²) < 4.78 is 0. The molecular formula is C26H54N2O2. The zero-order valence-electron chi connectivity index (χ0n) is 20.5. The Kier molecular flexibility index (Phi) is 23.9. The Morgan fingerprint density at radius 1 is 0.567 bits per heavy atom. The Hall–Kier alpha value is -0.770. The van der Waals surface area contributed by atoms with Gasteiger partial charge in [0, 0.05) is 6.04 Å². The van der Waals surface area contributed by atoms with Crippen LogP contribution in [-0.4, -0.2) is 17.2 Å². The third-order valence-electron chi connectivity index (χ3n) is 6.20. The number of rotatable bonds is 24. The molecule has 0 heterocycles. The Balaban J connectivity index is 3.65. The van der Waals surface area contributed by atoms with Crippen LogP contribution in [0.5, 0.6) is 0 Å². The molecule has 0 atom stereocenters. The smallest absolute Gasteiger partial charge is 0.419 e. The van der Waals surface area contributed by atoms with Gasteiger partial charge < -0.3 is 5.11 Å². The van der Waals surface area contributed by atoms with Crippen LogP contribution in [0, 0.1) is 0 Å². The van der Waals surface area contributed by atoms with E-state index in [2.05, 4.69) is 24.7 Å². The second kappa shape index (κ2) is 24.5. The molecular weight excluding hydrogens is 372 g/mol. The lowest BCUT2D eigenvalue weighted by atomic mass is 10.00. The second-order valence-corrected chi connectivity index (χ2v) is 9.21. The molecule has 0 fully saturated rings. The van der Waals surface area contributed by atoms with E-state index in [1.807, 2.05) is 0 Å². The lowest BCUT2D eigenvalue weighted by Crippen LogP contribution is -2.43. The molecule has 0 aliphatic carbocycles. The van der Waals surface area contributed by atoms with Crippen molar-refractivity contribution in [1.29, 1.82) is 0 Å². The first-order valence-corrected chi connectivity index (χ1v) is 13.4. The van der Waals surface area contributed by atoms with Gasteiger partial charge in [-0.1, -0.05) is 142 Å². The first kappa shape index (κ1) is 29.2. The summed E-state index contributed by atoms with van der Waals surface area (Å²) in [6, 6.07) is 0.282. The highest BCUT2D eigenvalue weighted by atomic mass is 16.4. The van der Waals surface area contributed by atoms with Gasteiger partial charge >= 0.3 is 6.09 Å². The highest BCUT2D eigenvalue weighted by molar-refractivity contribution is 5.63. The molecule has 0 saturated carbocycles. The van der Waals surface area contributed by atoms with Crippen LogP contribution < -0.4 is 10.9 Å². The topological polar surface area (TPSA) is 61.4 Å². The Bertz CT molecular complexity index is 326. The van der Waals surface area contributed by atoms with E-state index < -0.39 is 6.09 Å². The SMILES string of the molecule is CCCCCCCCCCCCC(CCCCCCCCCCCC)NNC(=O)O. The number of carbonyl (C=O) groups is 1. The van der Waals surface area contributed by atoms with Crippen LogP contribution >= 0.6 is 0 Å². The van der Waals surface area contributed by atoms with Gasteiger partial charge in [0.15, 0.2) is 0 Å². The highest BCUT2D eigenvalue weighted by Crippen LogP contribution is 2.15. The average molecular weight is 427 g/mol. The van der Waals surface area contributed by atoms with Gasteiger partial charge in [-0.3, -0.25) is 5.43 Å². The summed E-state index contributed by atoms with van der Waals surface area (Å²) in [4.78, 5) is 10.8. The maximum absolute atomic E-state index is 10.8. The summed E-state index contributed by atoms with van der Waals surface area (Å²) in [7, 11) is 0. The van der Waals surface area contributed by atoms with Crippen LogP contribution in [0.4, 0.5) is 4.79 Å². The van der Waals surface area contributed by atoms with Crippen LogP contribution in [-0.2, 0) is 0 Å². The average Bonchev–Trinajstić information content (AvgIpc) is 2.73. The van der Waals surface area contributed by atoms with Crippen LogP contribution in [0.2, 0.25) is 0 Å². The fourth-order valence-corrected chi connectivity index (χ4v) is 4.21. The zero-order valence-corrected chi connectivity index (χ0v) is 20.5. The number of nitrogens with one attached hydrogen (secondary N) is 2. The highest BCUT2D eigenvalue weighted by Gasteiger charge is 2.09. The van der Waals surface area contributed by atoms with Crippen molar-refractivity contribution in [1.82, 2.24) is 10.9 Å². The number of carboxylic acid groups (broad SMARTS) is 1. The summed E-state index contributed by atoms with van der Waals surface area (Å²) in [6.07, 6.45) is 28.1.